The Morgan fingerprint density at radius 2 is 1.77 bits per heavy atom. The number of hydrogen-bond donors (Lipinski definition) is 3. The Labute approximate surface area is 151 Å². The highest BCUT2D eigenvalue weighted by molar-refractivity contribution is 5.99. The molecule has 3 aromatic rings. The van der Waals surface area contributed by atoms with Crippen LogP contribution in [0, 0.1) is 0 Å². The Morgan fingerprint density at radius 3 is 2.58 bits per heavy atom. The quantitative estimate of drug-likeness (QED) is 0.641. The Bertz CT molecular complexity index is 957. The molecule has 0 saturated heterocycles. The molecule has 2 amide bonds. The van der Waals surface area contributed by atoms with Gasteiger partial charge in [0.1, 0.15) is 0 Å². The Morgan fingerprint density at radius 1 is 1.00 bits per heavy atom. The van der Waals surface area contributed by atoms with Gasteiger partial charge in [-0.3, -0.25) is 9.59 Å². The lowest BCUT2D eigenvalue weighted by Crippen LogP contribution is -2.27. The molecule has 5 nitrogen and oxygen atoms in total. The number of carbonyl (C=O) groups is 2. The summed E-state index contributed by atoms with van der Waals surface area (Å²) < 4.78 is 0. The van der Waals surface area contributed by atoms with Crippen LogP contribution in [0.3, 0.4) is 0 Å². The zero-order valence-corrected chi connectivity index (χ0v) is 14.4. The number of fused-ring (bicyclic) bond motifs is 1. The van der Waals surface area contributed by atoms with Crippen molar-refractivity contribution in [2.24, 2.45) is 0 Å². The summed E-state index contributed by atoms with van der Waals surface area (Å²) in [5.74, 6) is -0.271. The van der Waals surface area contributed by atoms with Crippen LogP contribution in [0.2, 0.25) is 0 Å². The van der Waals surface area contributed by atoms with Crippen molar-refractivity contribution in [2.75, 3.05) is 6.54 Å². The first-order valence-electron chi connectivity index (χ1n) is 8.95. The number of aromatic amines is 1. The minimum atomic E-state index is -0.161. The van der Waals surface area contributed by atoms with Gasteiger partial charge in [-0.1, -0.05) is 24.3 Å². The van der Waals surface area contributed by atoms with Gasteiger partial charge >= 0.3 is 0 Å². The van der Waals surface area contributed by atoms with E-state index in [0.29, 0.717) is 23.7 Å². The molecule has 1 saturated carbocycles. The lowest BCUT2D eigenvalue weighted by Gasteiger charge is -2.07. The van der Waals surface area contributed by atoms with Gasteiger partial charge < -0.3 is 15.6 Å². The zero-order valence-electron chi connectivity index (χ0n) is 14.4. The standard InChI is InChI=1S/C21H21N3O2/c25-20(14-4-3-5-15(12-14)21(26)24-17-8-9-17)22-11-10-16-13-23-19-7-2-1-6-18(16)19/h1-7,12-13,17,23H,8-11H2,(H,22,25)(H,24,26). The molecule has 0 unspecified atom stereocenters. The fraction of sp³-hybridized carbons (Fsp3) is 0.238. The van der Waals surface area contributed by atoms with Crippen LogP contribution in [0.1, 0.15) is 39.1 Å². The first-order valence-corrected chi connectivity index (χ1v) is 8.95. The summed E-state index contributed by atoms with van der Waals surface area (Å²) in [6, 6.07) is 15.3. The van der Waals surface area contributed by atoms with Gasteiger partial charge in [0.15, 0.2) is 0 Å². The predicted molar refractivity (Wildman–Crippen MR) is 101 cm³/mol. The third-order valence-electron chi connectivity index (χ3n) is 4.65. The van der Waals surface area contributed by atoms with Crippen molar-refractivity contribution in [2.45, 2.75) is 25.3 Å². The fourth-order valence-electron chi connectivity index (χ4n) is 3.05. The van der Waals surface area contributed by atoms with E-state index < -0.39 is 0 Å². The highest BCUT2D eigenvalue weighted by atomic mass is 16.2. The average molecular weight is 347 g/mol. The number of para-hydroxylation sites is 1. The highest BCUT2D eigenvalue weighted by Gasteiger charge is 2.24. The van der Waals surface area contributed by atoms with Crippen LogP contribution in [0.5, 0.6) is 0 Å². The van der Waals surface area contributed by atoms with Crippen LogP contribution in [0.25, 0.3) is 10.9 Å². The van der Waals surface area contributed by atoms with E-state index >= 15 is 0 Å². The van der Waals surface area contributed by atoms with Gasteiger partial charge in [0.25, 0.3) is 11.8 Å². The smallest absolute Gasteiger partial charge is 0.251 e. The lowest BCUT2D eigenvalue weighted by atomic mass is 10.1. The van der Waals surface area contributed by atoms with Crippen molar-refractivity contribution in [1.29, 1.82) is 0 Å². The molecular formula is C21H21N3O2. The normalized spacial score (nSPS) is 13.5. The molecule has 0 bridgehead atoms. The molecule has 5 heteroatoms. The van der Waals surface area contributed by atoms with E-state index in [2.05, 4.69) is 21.7 Å². The maximum absolute atomic E-state index is 12.4. The van der Waals surface area contributed by atoms with Gasteiger partial charge in [0, 0.05) is 40.8 Å². The van der Waals surface area contributed by atoms with E-state index in [1.54, 1.807) is 24.3 Å². The van der Waals surface area contributed by atoms with Crippen molar-refractivity contribution in [3.63, 3.8) is 0 Å². The minimum Gasteiger partial charge on any atom is -0.361 e. The molecule has 1 aromatic heterocycles. The number of hydrogen-bond acceptors (Lipinski definition) is 2. The van der Waals surface area contributed by atoms with Gasteiger partial charge in [0.05, 0.1) is 0 Å². The first-order chi connectivity index (χ1) is 12.7. The first kappa shape index (κ1) is 16.4. The number of amides is 2. The molecule has 1 heterocycles. The van der Waals surface area contributed by atoms with Crippen molar-refractivity contribution in [3.8, 4) is 0 Å². The van der Waals surface area contributed by atoms with Crippen LogP contribution in [-0.2, 0) is 6.42 Å². The van der Waals surface area contributed by atoms with Crippen molar-refractivity contribution in [3.05, 3.63) is 71.4 Å². The van der Waals surface area contributed by atoms with Crippen LogP contribution >= 0.6 is 0 Å². The number of H-pyrrole nitrogens is 1. The second kappa shape index (κ2) is 7.04. The van der Waals surface area contributed by atoms with Gasteiger partial charge in [-0.05, 0) is 49.1 Å². The number of rotatable bonds is 6. The number of nitrogens with one attached hydrogen (secondary N) is 3. The van der Waals surface area contributed by atoms with E-state index in [0.717, 1.165) is 24.8 Å². The maximum atomic E-state index is 12.4. The molecule has 0 atom stereocenters. The summed E-state index contributed by atoms with van der Waals surface area (Å²) >= 11 is 0. The third kappa shape index (κ3) is 3.61. The van der Waals surface area contributed by atoms with Crippen molar-refractivity contribution >= 4 is 22.7 Å². The second-order valence-electron chi connectivity index (χ2n) is 6.69. The highest BCUT2D eigenvalue weighted by Crippen LogP contribution is 2.20. The molecule has 1 aliphatic carbocycles. The summed E-state index contributed by atoms with van der Waals surface area (Å²) in [6.45, 7) is 0.541. The van der Waals surface area contributed by atoms with Crippen LogP contribution in [0.4, 0.5) is 0 Å². The summed E-state index contributed by atoms with van der Waals surface area (Å²) in [5.41, 5.74) is 3.32. The van der Waals surface area contributed by atoms with E-state index in [9.17, 15) is 9.59 Å². The average Bonchev–Trinajstić information content (AvgIpc) is 3.39. The lowest BCUT2D eigenvalue weighted by molar-refractivity contribution is 0.0951. The zero-order chi connectivity index (χ0) is 17.9. The molecule has 2 aromatic carbocycles. The third-order valence-corrected chi connectivity index (χ3v) is 4.65. The molecule has 1 aliphatic rings. The minimum absolute atomic E-state index is 0.110. The molecule has 132 valence electrons. The van der Waals surface area contributed by atoms with Crippen molar-refractivity contribution in [1.82, 2.24) is 15.6 Å². The second-order valence-corrected chi connectivity index (χ2v) is 6.69. The largest absolute Gasteiger partial charge is 0.361 e. The van der Waals surface area contributed by atoms with Gasteiger partial charge in [-0.2, -0.15) is 0 Å². The molecule has 1 fully saturated rings. The molecular weight excluding hydrogens is 326 g/mol. The Kier molecular flexibility index (Phi) is 4.44. The van der Waals surface area contributed by atoms with E-state index in [-0.39, 0.29) is 11.8 Å². The molecule has 26 heavy (non-hydrogen) atoms. The van der Waals surface area contributed by atoms with Gasteiger partial charge in [0.2, 0.25) is 0 Å². The fourth-order valence-corrected chi connectivity index (χ4v) is 3.05. The molecule has 3 N–H and O–H groups in total. The molecule has 0 aliphatic heterocycles. The summed E-state index contributed by atoms with van der Waals surface area (Å²) in [5, 5.41) is 7.06. The van der Waals surface area contributed by atoms with Crippen LogP contribution in [0.15, 0.2) is 54.7 Å². The molecule has 0 radical (unpaired) electrons. The predicted octanol–water partition coefficient (Wildman–Crippen LogP) is 3.03. The molecule has 4 rings (SSSR count). The SMILES string of the molecule is O=C(NCCc1c[nH]c2ccccc12)c1cccc(C(=O)NC2CC2)c1. The Balaban J connectivity index is 1.36. The summed E-state index contributed by atoms with van der Waals surface area (Å²) in [4.78, 5) is 27.8. The van der Waals surface area contributed by atoms with Gasteiger partial charge in [-0.15, -0.1) is 0 Å². The monoisotopic (exact) mass is 347 g/mol. The van der Waals surface area contributed by atoms with Gasteiger partial charge in [-0.25, -0.2) is 0 Å². The topological polar surface area (TPSA) is 74.0 Å². The Hall–Kier alpha value is -3.08. The summed E-state index contributed by atoms with van der Waals surface area (Å²) in [7, 11) is 0. The maximum Gasteiger partial charge on any atom is 0.251 e. The van der Waals surface area contributed by atoms with E-state index in [1.165, 1.54) is 10.9 Å². The number of benzene rings is 2. The number of carbonyl (C=O) groups excluding carboxylic acids is 2. The molecule has 0 spiro atoms. The van der Waals surface area contributed by atoms with Crippen molar-refractivity contribution < 1.29 is 9.59 Å². The van der Waals surface area contributed by atoms with E-state index in [1.807, 2.05) is 24.4 Å². The summed E-state index contributed by atoms with van der Waals surface area (Å²) in [6.07, 6.45) is 4.82. The number of aromatic nitrogens is 1. The van der Waals surface area contributed by atoms with Crippen LogP contribution in [-0.4, -0.2) is 29.4 Å². The van der Waals surface area contributed by atoms with E-state index in [4.69, 9.17) is 0 Å². The van der Waals surface area contributed by atoms with Crippen LogP contribution < -0.4 is 10.6 Å².